The highest BCUT2D eigenvalue weighted by molar-refractivity contribution is 7.90. The molecule has 3 aromatic carbocycles. The third-order valence-electron chi connectivity index (χ3n) is 4.36. The van der Waals surface area contributed by atoms with Gasteiger partial charge >= 0.3 is 5.97 Å². The number of carboxylic acids is 1. The van der Waals surface area contributed by atoms with E-state index in [0.717, 1.165) is 6.26 Å². The molecule has 27 heavy (non-hydrogen) atoms. The molecule has 0 saturated carbocycles. The van der Waals surface area contributed by atoms with Crippen LogP contribution < -0.4 is 5.32 Å². The van der Waals surface area contributed by atoms with E-state index in [4.69, 9.17) is 5.11 Å². The van der Waals surface area contributed by atoms with Crippen molar-refractivity contribution in [1.82, 2.24) is 0 Å². The smallest absolute Gasteiger partial charge is 0.307 e. The number of nitrogens with one attached hydrogen (secondary N) is 1. The van der Waals surface area contributed by atoms with Crippen LogP contribution in [0, 0.1) is 12.7 Å². The highest BCUT2D eigenvalue weighted by Crippen LogP contribution is 2.33. The molecule has 0 aliphatic heterocycles. The molecule has 0 atom stereocenters. The summed E-state index contributed by atoms with van der Waals surface area (Å²) in [5.41, 5.74) is 2.53. The van der Waals surface area contributed by atoms with E-state index in [0.29, 0.717) is 33.3 Å². The van der Waals surface area contributed by atoms with Crippen molar-refractivity contribution in [3.63, 3.8) is 0 Å². The van der Waals surface area contributed by atoms with Gasteiger partial charge in [0.25, 0.3) is 0 Å². The molecule has 0 radical (unpaired) electrons. The molecule has 3 rings (SSSR count). The average Bonchev–Trinajstić information content (AvgIpc) is 2.58. The number of sulfone groups is 1. The Morgan fingerprint density at radius 2 is 1.78 bits per heavy atom. The molecular weight excluding hydrogens is 369 g/mol. The van der Waals surface area contributed by atoms with Crippen molar-refractivity contribution in [2.24, 2.45) is 0 Å². The summed E-state index contributed by atoms with van der Waals surface area (Å²) in [6, 6.07) is 12.3. The number of anilines is 2. The van der Waals surface area contributed by atoms with Gasteiger partial charge < -0.3 is 10.4 Å². The van der Waals surface area contributed by atoms with Crippen LogP contribution in [0.5, 0.6) is 0 Å². The van der Waals surface area contributed by atoms with Crippen molar-refractivity contribution in [3.05, 3.63) is 65.5 Å². The molecule has 0 heterocycles. The van der Waals surface area contributed by atoms with Gasteiger partial charge in [0.05, 0.1) is 11.3 Å². The van der Waals surface area contributed by atoms with Crippen LogP contribution in [0.4, 0.5) is 15.8 Å². The number of carboxylic acid groups (broad SMARTS) is 1. The molecule has 0 aliphatic rings. The number of hydrogen-bond acceptors (Lipinski definition) is 4. The molecule has 140 valence electrons. The number of carbonyl (C=O) groups is 1. The van der Waals surface area contributed by atoms with E-state index in [1.165, 1.54) is 24.3 Å². The lowest BCUT2D eigenvalue weighted by Gasteiger charge is -2.17. The minimum absolute atomic E-state index is 0.152. The first-order valence-electron chi connectivity index (χ1n) is 8.16. The van der Waals surface area contributed by atoms with Gasteiger partial charge in [-0.25, -0.2) is 12.8 Å². The molecular formula is C20H18FNO4S. The quantitative estimate of drug-likeness (QED) is 0.690. The lowest BCUT2D eigenvalue weighted by molar-refractivity contribution is -0.136. The highest BCUT2D eigenvalue weighted by atomic mass is 32.2. The molecule has 3 aromatic rings. The Morgan fingerprint density at radius 3 is 2.37 bits per heavy atom. The van der Waals surface area contributed by atoms with Crippen LogP contribution in [-0.4, -0.2) is 25.7 Å². The minimum atomic E-state index is -3.30. The average molecular weight is 387 g/mol. The predicted molar refractivity (Wildman–Crippen MR) is 103 cm³/mol. The monoisotopic (exact) mass is 387 g/mol. The summed E-state index contributed by atoms with van der Waals surface area (Å²) in [5, 5.41) is 13.7. The van der Waals surface area contributed by atoms with Crippen LogP contribution in [0.15, 0.2) is 53.4 Å². The summed E-state index contributed by atoms with van der Waals surface area (Å²) in [6.45, 7) is 1.77. The Labute approximate surface area is 156 Å². The Morgan fingerprint density at radius 1 is 1.11 bits per heavy atom. The molecule has 0 amide bonds. The van der Waals surface area contributed by atoms with Gasteiger partial charge in [-0.3, -0.25) is 4.79 Å². The molecule has 0 unspecified atom stereocenters. The van der Waals surface area contributed by atoms with Gasteiger partial charge in [0, 0.05) is 23.0 Å². The van der Waals surface area contributed by atoms with Crippen LogP contribution in [-0.2, 0) is 21.1 Å². The number of rotatable bonds is 5. The Hall–Kier alpha value is -2.93. The number of benzene rings is 3. The van der Waals surface area contributed by atoms with Crippen LogP contribution in [0.25, 0.3) is 10.8 Å². The first-order valence-corrected chi connectivity index (χ1v) is 10.0. The van der Waals surface area contributed by atoms with E-state index in [9.17, 15) is 17.6 Å². The van der Waals surface area contributed by atoms with Crippen molar-refractivity contribution in [1.29, 1.82) is 0 Å². The zero-order valence-corrected chi connectivity index (χ0v) is 15.6. The topological polar surface area (TPSA) is 83.5 Å². The fraction of sp³-hybridized carbons (Fsp3) is 0.150. The molecule has 0 aromatic heterocycles. The van der Waals surface area contributed by atoms with Crippen molar-refractivity contribution in [3.8, 4) is 0 Å². The van der Waals surface area contributed by atoms with E-state index in [2.05, 4.69) is 5.32 Å². The molecule has 7 heteroatoms. The third kappa shape index (κ3) is 4.09. The first-order chi connectivity index (χ1) is 12.6. The predicted octanol–water partition coefficient (Wildman–Crippen LogP) is 4.06. The Bertz CT molecular complexity index is 1140. The van der Waals surface area contributed by atoms with E-state index in [1.807, 2.05) is 0 Å². The van der Waals surface area contributed by atoms with Crippen LogP contribution in [0.1, 0.15) is 11.1 Å². The normalized spacial score (nSPS) is 11.5. The van der Waals surface area contributed by atoms with Gasteiger partial charge in [-0.15, -0.1) is 0 Å². The Kier molecular flexibility index (Phi) is 4.89. The largest absolute Gasteiger partial charge is 0.481 e. The van der Waals surface area contributed by atoms with Gasteiger partial charge in [-0.05, 0) is 59.8 Å². The molecule has 2 N–H and O–H groups in total. The zero-order chi connectivity index (χ0) is 19.8. The fourth-order valence-electron chi connectivity index (χ4n) is 2.97. The zero-order valence-electron chi connectivity index (χ0n) is 14.8. The maximum atomic E-state index is 13.8. The highest BCUT2D eigenvalue weighted by Gasteiger charge is 2.14. The summed E-state index contributed by atoms with van der Waals surface area (Å²) in [4.78, 5) is 11.4. The third-order valence-corrected chi connectivity index (χ3v) is 5.49. The van der Waals surface area contributed by atoms with Gasteiger partial charge in [-0.1, -0.05) is 12.1 Å². The van der Waals surface area contributed by atoms with Crippen molar-refractivity contribution >= 4 is 38.0 Å². The number of halogens is 1. The molecule has 5 nitrogen and oxygen atoms in total. The second-order valence-electron chi connectivity index (χ2n) is 6.39. The van der Waals surface area contributed by atoms with E-state index < -0.39 is 21.6 Å². The summed E-state index contributed by atoms with van der Waals surface area (Å²) >= 11 is 0. The lowest BCUT2D eigenvalue weighted by Crippen LogP contribution is -2.05. The summed E-state index contributed by atoms with van der Waals surface area (Å²) in [7, 11) is -3.30. The van der Waals surface area contributed by atoms with Gasteiger partial charge in [0.2, 0.25) is 0 Å². The number of fused-ring (bicyclic) bond motifs is 1. The lowest BCUT2D eigenvalue weighted by atomic mass is 9.96. The van der Waals surface area contributed by atoms with Crippen molar-refractivity contribution in [2.75, 3.05) is 11.6 Å². The Balaban J connectivity index is 2.12. The maximum absolute atomic E-state index is 13.8. The standard InChI is InChI=1S/C20H18FNO4S/c1-12-14(10-19(23)24)9-13-3-4-15(21)11-18(13)20(12)22-16-5-7-17(8-6-16)27(2,25)26/h3-9,11,22H,10H2,1-2H3,(H,23,24). The first kappa shape index (κ1) is 18.8. The van der Waals surface area contributed by atoms with Gasteiger partial charge in [-0.2, -0.15) is 0 Å². The number of aliphatic carboxylic acids is 1. The fourth-order valence-corrected chi connectivity index (χ4v) is 3.60. The number of hydrogen-bond donors (Lipinski definition) is 2. The van der Waals surface area contributed by atoms with Crippen LogP contribution in [0.3, 0.4) is 0 Å². The summed E-state index contributed by atoms with van der Waals surface area (Å²) in [5.74, 6) is -1.36. The molecule has 0 aliphatic carbocycles. The molecule has 0 saturated heterocycles. The van der Waals surface area contributed by atoms with E-state index in [-0.39, 0.29) is 11.3 Å². The van der Waals surface area contributed by atoms with E-state index in [1.54, 1.807) is 31.2 Å². The summed E-state index contributed by atoms with van der Waals surface area (Å²) < 4.78 is 37.0. The summed E-state index contributed by atoms with van der Waals surface area (Å²) in [6.07, 6.45) is 0.978. The maximum Gasteiger partial charge on any atom is 0.307 e. The van der Waals surface area contributed by atoms with Gasteiger partial charge in [0.1, 0.15) is 5.82 Å². The van der Waals surface area contributed by atoms with Crippen LogP contribution in [0.2, 0.25) is 0 Å². The SMILES string of the molecule is Cc1c(CC(=O)O)cc2ccc(F)cc2c1Nc1ccc(S(C)(=O)=O)cc1. The van der Waals surface area contributed by atoms with Crippen molar-refractivity contribution < 1.29 is 22.7 Å². The molecule has 0 spiro atoms. The van der Waals surface area contributed by atoms with Gasteiger partial charge in [0.15, 0.2) is 9.84 Å². The second-order valence-corrected chi connectivity index (χ2v) is 8.41. The molecule has 0 bridgehead atoms. The van der Waals surface area contributed by atoms with Crippen molar-refractivity contribution in [2.45, 2.75) is 18.2 Å². The van der Waals surface area contributed by atoms with E-state index >= 15 is 0 Å². The molecule has 0 fully saturated rings. The van der Waals surface area contributed by atoms with Crippen LogP contribution >= 0.6 is 0 Å². The minimum Gasteiger partial charge on any atom is -0.481 e. The second kappa shape index (κ2) is 7.00.